The Hall–Kier alpha value is -2.49. The van der Waals surface area contributed by atoms with Gasteiger partial charge in [0.25, 0.3) is 15.9 Å². The predicted molar refractivity (Wildman–Crippen MR) is 132 cm³/mol. The second kappa shape index (κ2) is 10.9. The van der Waals surface area contributed by atoms with Crippen molar-refractivity contribution in [2.75, 3.05) is 17.6 Å². The number of thioether (sulfide) groups is 1. The number of hydrogen-bond donors (Lipinski definition) is 2. The van der Waals surface area contributed by atoms with Crippen molar-refractivity contribution in [2.24, 2.45) is 0 Å². The molecule has 0 saturated carbocycles. The summed E-state index contributed by atoms with van der Waals surface area (Å²) in [5.74, 6) is 0.139. The molecule has 168 valence electrons. The standard InChI is InChI=1S/C23H23BrN2O4S2/c1-16(17-3-11-21(31-2)12-4-17)25-23(27)15-30-20-9-13-22(14-10-20)32(28,29)26-19-7-5-18(24)6-8-19/h3-14,16,26H,15H2,1-2H3,(H,25,27)/t16-/m0/s1. The van der Waals surface area contributed by atoms with Crippen LogP contribution in [0.15, 0.2) is 87.1 Å². The van der Waals surface area contributed by atoms with Crippen LogP contribution in [0.3, 0.4) is 0 Å². The molecule has 0 saturated heterocycles. The van der Waals surface area contributed by atoms with E-state index in [4.69, 9.17) is 4.74 Å². The van der Waals surface area contributed by atoms with E-state index >= 15 is 0 Å². The van der Waals surface area contributed by atoms with Crippen molar-refractivity contribution >= 4 is 49.3 Å². The van der Waals surface area contributed by atoms with Crippen LogP contribution in [0.25, 0.3) is 0 Å². The van der Waals surface area contributed by atoms with Gasteiger partial charge in [-0.15, -0.1) is 11.8 Å². The molecule has 0 heterocycles. The number of rotatable bonds is 9. The number of carbonyl (C=O) groups excluding carboxylic acids is 1. The monoisotopic (exact) mass is 534 g/mol. The van der Waals surface area contributed by atoms with Crippen LogP contribution in [0, 0.1) is 0 Å². The molecule has 0 bridgehead atoms. The third kappa shape index (κ3) is 6.75. The van der Waals surface area contributed by atoms with E-state index in [9.17, 15) is 13.2 Å². The fourth-order valence-electron chi connectivity index (χ4n) is 2.85. The van der Waals surface area contributed by atoms with Gasteiger partial charge in [0.15, 0.2) is 6.61 Å². The summed E-state index contributed by atoms with van der Waals surface area (Å²) in [6.07, 6.45) is 2.01. The zero-order valence-electron chi connectivity index (χ0n) is 17.5. The van der Waals surface area contributed by atoms with Crippen molar-refractivity contribution < 1.29 is 17.9 Å². The van der Waals surface area contributed by atoms with Crippen molar-refractivity contribution in [2.45, 2.75) is 22.8 Å². The van der Waals surface area contributed by atoms with Crippen molar-refractivity contribution in [3.05, 3.63) is 82.8 Å². The fraction of sp³-hybridized carbons (Fsp3) is 0.174. The average Bonchev–Trinajstić information content (AvgIpc) is 2.79. The van der Waals surface area contributed by atoms with E-state index in [2.05, 4.69) is 26.0 Å². The molecule has 0 fully saturated rings. The van der Waals surface area contributed by atoms with Crippen LogP contribution >= 0.6 is 27.7 Å². The molecule has 0 aliphatic heterocycles. The summed E-state index contributed by atoms with van der Waals surface area (Å²) in [6.45, 7) is 1.74. The Bertz CT molecular complexity index is 1150. The van der Waals surface area contributed by atoms with Gasteiger partial charge in [-0.25, -0.2) is 8.42 Å². The first kappa shape index (κ1) is 24.2. The van der Waals surface area contributed by atoms with E-state index in [1.807, 2.05) is 37.4 Å². The molecule has 0 aliphatic carbocycles. The summed E-state index contributed by atoms with van der Waals surface area (Å²) < 4.78 is 33.9. The Balaban J connectivity index is 1.53. The van der Waals surface area contributed by atoms with Crippen LogP contribution in [0.2, 0.25) is 0 Å². The molecule has 0 spiro atoms. The molecule has 2 N–H and O–H groups in total. The molecule has 1 atom stereocenters. The lowest BCUT2D eigenvalue weighted by Crippen LogP contribution is -2.31. The molecule has 0 unspecified atom stereocenters. The second-order valence-electron chi connectivity index (χ2n) is 6.93. The number of sulfonamides is 1. The highest BCUT2D eigenvalue weighted by Crippen LogP contribution is 2.21. The van der Waals surface area contributed by atoms with Gasteiger partial charge in [0, 0.05) is 15.1 Å². The van der Waals surface area contributed by atoms with E-state index in [1.165, 1.54) is 24.3 Å². The minimum atomic E-state index is -3.73. The molecule has 32 heavy (non-hydrogen) atoms. The van der Waals surface area contributed by atoms with Crippen molar-refractivity contribution in [3.8, 4) is 5.75 Å². The summed E-state index contributed by atoms with van der Waals surface area (Å²) in [6, 6.07) is 20.6. The fourth-order valence-corrected chi connectivity index (χ4v) is 4.59. The van der Waals surface area contributed by atoms with Crippen LogP contribution < -0.4 is 14.8 Å². The maximum atomic E-state index is 12.5. The van der Waals surface area contributed by atoms with E-state index in [0.717, 1.165) is 14.9 Å². The van der Waals surface area contributed by atoms with Gasteiger partial charge in [-0.1, -0.05) is 28.1 Å². The molecule has 1 amide bonds. The number of hydrogen-bond acceptors (Lipinski definition) is 5. The van der Waals surface area contributed by atoms with E-state index in [0.29, 0.717) is 11.4 Å². The summed E-state index contributed by atoms with van der Waals surface area (Å²) in [7, 11) is -3.73. The summed E-state index contributed by atoms with van der Waals surface area (Å²) >= 11 is 4.97. The zero-order valence-corrected chi connectivity index (χ0v) is 20.8. The van der Waals surface area contributed by atoms with Gasteiger partial charge in [-0.2, -0.15) is 0 Å². The minimum Gasteiger partial charge on any atom is -0.484 e. The Labute approximate surface area is 200 Å². The number of carbonyl (C=O) groups is 1. The molecule has 3 rings (SSSR count). The summed E-state index contributed by atoms with van der Waals surface area (Å²) in [4.78, 5) is 13.5. The smallest absolute Gasteiger partial charge is 0.261 e. The van der Waals surface area contributed by atoms with Crippen molar-refractivity contribution in [3.63, 3.8) is 0 Å². The maximum absolute atomic E-state index is 12.5. The third-order valence-electron chi connectivity index (χ3n) is 4.59. The predicted octanol–water partition coefficient (Wildman–Crippen LogP) is 5.23. The highest BCUT2D eigenvalue weighted by Gasteiger charge is 2.15. The maximum Gasteiger partial charge on any atom is 0.261 e. The highest BCUT2D eigenvalue weighted by atomic mass is 79.9. The van der Waals surface area contributed by atoms with Crippen LogP contribution in [0.5, 0.6) is 5.75 Å². The number of benzene rings is 3. The van der Waals surface area contributed by atoms with Gasteiger partial charge in [0.1, 0.15) is 5.75 Å². The minimum absolute atomic E-state index is 0.0968. The Morgan fingerprint density at radius 2 is 1.62 bits per heavy atom. The first-order valence-electron chi connectivity index (χ1n) is 9.71. The molecule has 9 heteroatoms. The summed E-state index contributed by atoms with van der Waals surface area (Å²) in [5, 5.41) is 2.89. The van der Waals surface area contributed by atoms with Gasteiger partial charge < -0.3 is 10.1 Å². The first-order chi connectivity index (χ1) is 15.3. The molecule has 0 aromatic heterocycles. The van der Waals surface area contributed by atoms with E-state index < -0.39 is 10.0 Å². The quantitative estimate of drug-likeness (QED) is 0.367. The van der Waals surface area contributed by atoms with Gasteiger partial charge in [0.05, 0.1) is 10.9 Å². The number of nitrogens with one attached hydrogen (secondary N) is 2. The Kier molecular flexibility index (Phi) is 8.22. The lowest BCUT2D eigenvalue weighted by atomic mass is 10.1. The molecule has 0 radical (unpaired) electrons. The topological polar surface area (TPSA) is 84.5 Å². The first-order valence-corrected chi connectivity index (χ1v) is 13.2. The van der Waals surface area contributed by atoms with Crippen molar-refractivity contribution in [1.82, 2.24) is 5.32 Å². The normalized spacial score (nSPS) is 12.1. The van der Waals surface area contributed by atoms with Gasteiger partial charge >= 0.3 is 0 Å². The molecular formula is C23H23BrN2O4S2. The molecule has 0 aliphatic rings. The van der Waals surface area contributed by atoms with Crippen LogP contribution in [-0.4, -0.2) is 27.2 Å². The number of anilines is 1. The zero-order chi connectivity index (χ0) is 23.1. The number of ether oxygens (including phenoxy) is 1. The second-order valence-corrected chi connectivity index (χ2v) is 10.4. The summed E-state index contributed by atoms with van der Waals surface area (Å²) in [5.41, 5.74) is 1.46. The van der Waals surface area contributed by atoms with Gasteiger partial charge in [-0.3, -0.25) is 9.52 Å². The van der Waals surface area contributed by atoms with Crippen LogP contribution in [-0.2, 0) is 14.8 Å². The van der Waals surface area contributed by atoms with E-state index in [1.54, 1.807) is 36.0 Å². The van der Waals surface area contributed by atoms with Crippen LogP contribution in [0.1, 0.15) is 18.5 Å². The lowest BCUT2D eigenvalue weighted by Gasteiger charge is -2.15. The van der Waals surface area contributed by atoms with Crippen molar-refractivity contribution in [1.29, 1.82) is 0 Å². The van der Waals surface area contributed by atoms with Gasteiger partial charge in [0.2, 0.25) is 0 Å². The highest BCUT2D eigenvalue weighted by molar-refractivity contribution is 9.10. The SMILES string of the molecule is CSc1ccc([C@H](C)NC(=O)COc2ccc(S(=O)(=O)Nc3ccc(Br)cc3)cc2)cc1. The number of amides is 1. The third-order valence-corrected chi connectivity index (χ3v) is 7.26. The lowest BCUT2D eigenvalue weighted by molar-refractivity contribution is -0.123. The van der Waals surface area contributed by atoms with Gasteiger partial charge in [-0.05, 0) is 79.4 Å². The van der Waals surface area contributed by atoms with Crippen LogP contribution in [0.4, 0.5) is 5.69 Å². The molecular weight excluding hydrogens is 512 g/mol. The largest absolute Gasteiger partial charge is 0.484 e. The molecule has 3 aromatic carbocycles. The Morgan fingerprint density at radius 1 is 1.00 bits per heavy atom. The molecule has 3 aromatic rings. The number of halogens is 1. The van der Waals surface area contributed by atoms with E-state index in [-0.39, 0.29) is 23.5 Å². The Morgan fingerprint density at radius 3 is 2.22 bits per heavy atom. The molecule has 6 nitrogen and oxygen atoms in total. The average molecular weight is 535 g/mol.